The molecule has 1 aromatic carbocycles. The third-order valence-corrected chi connectivity index (χ3v) is 5.33. The van der Waals surface area contributed by atoms with E-state index in [1.807, 2.05) is 12.1 Å². The topological polar surface area (TPSA) is 65.8 Å². The molecule has 0 amide bonds. The molecule has 2 aromatic heterocycles. The highest BCUT2D eigenvalue weighted by Gasteiger charge is 2.24. The number of rotatable bonds is 3. The van der Waals surface area contributed by atoms with Gasteiger partial charge in [0.15, 0.2) is 0 Å². The molecule has 0 unspecified atom stereocenters. The summed E-state index contributed by atoms with van der Waals surface area (Å²) in [6.45, 7) is 9.41. The van der Waals surface area contributed by atoms with Crippen molar-refractivity contribution >= 4 is 22.6 Å². The van der Waals surface area contributed by atoms with Crippen LogP contribution in [0.2, 0.25) is 0 Å². The van der Waals surface area contributed by atoms with E-state index in [9.17, 15) is 4.79 Å². The van der Waals surface area contributed by atoms with Gasteiger partial charge in [-0.15, -0.1) is 0 Å². The van der Waals surface area contributed by atoms with Gasteiger partial charge in [-0.1, -0.05) is 33.3 Å². The van der Waals surface area contributed by atoms with Gasteiger partial charge in [0.25, 0.3) is 5.91 Å². The minimum Gasteiger partial charge on any atom is -0.383 e. The Kier molecular flexibility index (Phi) is 6.22. The van der Waals surface area contributed by atoms with Gasteiger partial charge < -0.3 is 10.3 Å². The minimum atomic E-state index is -0.131. The lowest BCUT2D eigenvalue weighted by Gasteiger charge is -2.08. The number of hydrogen-bond donors (Lipinski definition) is 1. The molecule has 0 fully saturated rings. The molecule has 2 heterocycles. The fraction of sp³-hybridized carbons (Fsp3) is 0.478. The van der Waals surface area contributed by atoms with Crippen LogP contribution in [-0.4, -0.2) is 20.3 Å². The monoisotopic (exact) mass is 380 g/mol. The average molecular weight is 381 g/mol. The molecule has 0 aliphatic heterocycles. The number of aromatic nitrogens is 3. The van der Waals surface area contributed by atoms with E-state index in [1.54, 1.807) is 0 Å². The van der Waals surface area contributed by atoms with Crippen LogP contribution in [0.15, 0.2) is 24.3 Å². The fourth-order valence-electron chi connectivity index (χ4n) is 4.04. The number of carbonyl (C=O) groups is 1. The van der Waals surface area contributed by atoms with E-state index < -0.39 is 0 Å². The second-order valence-electron chi connectivity index (χ2n) is 7.41. The number of fused-ring (bicyclic) bond motifs is 2. The van der Waals surface area contributed by atoms with Gasteiger partial charge in [-0.3, -0.25) is 4.79 Å². The number of nitrogens with zero attached hydrogens (tertiary/aromatic N) is 3. The Hall–Kier alpha value is -2.56. The van der Waals surface area contributed by atoms with Crippen LogP contribution in [0.3, 0.4) is 0 Å². The van der Waals surface area contributed by atoms with Gasteiger partial charge >= 0.3 is 0 Å². The summed E-state index contributed by atoms with van der Waals surface area (Å²) in [5.41, 5.74) is 11.3. The molecule has 1 aliphatic carbocycles. The summed E-state index contributed by atoms with van der Waals surface area (Å²) in [5.74, 6) is 0.385. The van der Waals surface area contributed by atoms with E-state index in [-0.39, 0.29) is 5.91 Å². The zero-order valence-electron chi connectivity index (χ0n) is 17.6. The third-order valence-electron chi connectivity index (χ3n) is 5.33. The van der Waals surface area contributed by atoms with Gasteiger partial charge in [0.05, 0.1) is 11.3 Å². The Bertz CT molecular complexity index is 980. The summed E-state index contributed by atoms with van der Waals surface area (Å²) in [6, 6.07) is 8.03. The molecule has 0 saturated carbocycles. The van der Waals surface area contributed by atoms with Gasteiger partial charge in [-0.2, -0.15) is 9.78 Å². The van der Waals surface area contributed by atoms with Crippen molar-refractivity contribution in [1.82, 2.24) is 14.3 Å². The maximum atomic E-state index is 13.2. The van der Waals surface area contributed by atoms with Crippen LogP contribution in [0.4, 0.5) is 5.82 Å². The van der Waals surface area contributed by atoms with Crippen molar-refractivity contribution in [3.8, 4) is 0 Å². The quantitative estimate of drug-likeness (QED) is 0.696. The zero-order valence-corrected chi connectivity index (χ0v) is 17.6. The number of nitrogen functional groups attached to an aromatic ring is 1. The molecule has 150 valence electrons. The number of aryl methyl sites for hydroxylation is 3. The Labute approximate surface area is 167 Å². The first-order valence-corrected chi connectivity index (χ1v) is 10.6. The van der Waals surface area contributed by atoms with Crippen LogP contribution < -0.4 is 5.73 Å². The van der Waals surface area contributed by atoms with Crippen LogP contribution in [-0.2, 0) is 25.8 Å². The van der Waals surface area contributed by atoms with Gasteiger partial charge in [0.2, 0.25) is 0 Å². The van der Waals surface area contributed by atoms with E-state index in [2.05, 4.69) is 49.5 Å². The Morgan fingerprint density at radius 2 is 1.86 bits per heavy atom. The van der Waals surface area contributed by atoms with E-state index in [0.29, 0.717) is 11.4 Å². The second kappa shape index (κ2) is 8.63. The first-order chi connectivity index (χ1) is 13.6. The summed E-state index contributed by atoms with van der Waals surface area (Å²) >= 11 is 0. The largest absolute Gasteiger partial charge is 0.383 e. The lowest BCUT2D eigenvalue weighted by atomic mass is 9.98. The van der Waals surface area contributed by atoms with Crippen molar-refractivity contribution in [3.05, 3.63) is 46.8 Å². The third kappa shape index (κ3) is 3.46. The van der Waals surface area contributed by atoms with E-state index >= 15 is 0 Å². The lowest BCUT2D eigenvalue weighted by Crippen LogP contribution is -2.16. The molecule has 0 bridgehead atoms. The van der Waals surface area contributed by atoms with Crippen LogP contribution in [0.25, 0.3) is 10.9 Å². The highest BCUT2D eigenvalue weighted by molar-refractivity contribution is 6.08. The molecule has 0 atom stereocenters. The maximum Gasteiger partial charge on any atom is 0.280 e. The summed E-state index contributed by atoms with van der Waals surface area (Å²) in [5, 5.41) is 5.52. The van der Waals surface area contributed by atoms with E-state index in [1.165, 1.54) is 16.8 Å². The normalized spacial score (nSPS) is 13.1. The smallest absolute Gasteiger partial charge is 0.280 e. The lowest BCUT2D eigenvalue weighted by molar-refractivity contribution is 0.0949. The van der Waals surface area contributed by atoms with E-state index in [4.69, 9.17) is 5.73 Å². The summed E-state index contributed by atoms with van der Waals surface area (Å²) in [4.78, 5) is 13.2. The molecule has 5 heteroatoms. The predicted octanol–water partition coefficient (Wildman–Crippen LogP) is 4.99. The molecule has 0 spiro atoms. The summed E-state index contributed by atoms with van der Waals surface area (Å²) < 4.78 is 3.68. The highest BCUT2D eigenvalue weighted by Crippen LogP contribution is 2.29. The zero-order chi connectivity index (χ0) is 20.3. The maximum absolute atomic E-state index is 13.2. The SMILES string of the molecule is CCC.CCc1cc2c(C(=O)n3nc4c(c3N)CCCC4)cccc2n1CC. The molecule has 0 saturated heterocycles. The van der Waals surface area contributed by atoms with Gasteiger partial charge in [-0.05, 0) is 57.2 Å². The number of hydrogen-bond acceptors (Lipinski definition) is 3. The van der Waals surface area contributed by atoms with Gasteiger partial charge in [-0.25, -0.2) is 0 Å². The van der Waals surface area contributed by atoms with Crippen LogP contribution in [0.5, 0.6) is 0 Å². The summed E-state index contributed by atoms with van der Waals surface area (Å²) in [6.07, 6.45) is 6.26. The first-order valence-electron chi connectivity index (χ1n) is 10.6. The van der Waals surface area contributed by atoms with Crippen molar-refractivity contribution in [1.29, 1.82) is 0 Å². The average Bonchev–Trinajstić information content (AvgIpc) is 3.25. The molecule has 4 rings (SSSR count). The first kappa shape index (κ1) is 20.2. The highest BCUT2D eigenvalue weighted by atomic mass is 16.2. The van der Waals surface area contributed by atoms with Crippen LogP contribution >= 0.6 is 0 Å². The second-order valence-corrected chi connectivity index (χ2v) is 7.41. The predicted molar refractivity (Wildman–Crippen MR) is 116 cm³/mol. The number of carbonyl (C=O) groups excluding carboxylic acids is 1. The molecule has 3 aromatic rings. The molecule has 2 N–H and O–H groups in total. The van der Waals surface area contributed by atoms with Gasteiger partial charge in [0, 0.05) is 28.7 Å². The fourth-order valence-corrected chi connectivity index (χ4v) is 4.04. The number of benzene rings is 1. The van der Waals surface area contributed by atoms with Crippen molar-refractivity contribution in [2.45, 2.75) is 72.8 Å². The molecule has 1 aliphatic rings. The minimum absolute atomic E-state index is 0.131. The van der Waals surface area contributed by atoms with Crippen molar-refractivity contribution in [3.63, 3.8) is 0 Å². The molecule has 5 nitrogen and oxygen atoms in total. The molecular formula is C23H32N4O. The standard InChI is InChI=1S/C20H24N4O.C3H8/c1-3-13-12-16-14(9-7-11-18(16)23(13)4-2)20(25)24-19(21)15-8-5-6-10-17(15)22-24;1-3-2/h7,9,11-12H,3-6,8,10,21H2,1-2H3;3H2,1-2H3. The van der Waals surface area contributed by atoms with Crippen molar-refractivity contribution < 1.29 is 4.79 Å². The van der Waals surface area contributed by atoms with Crippen molar-refractivity contribution in [2.24, 2.45) is 0 Å². The van der Waals surface area contributed by atoms with E-state index in [0.717, 1.165) is 60.8 Å². The van der Waals surface area contributed by atoms with Crippen LogP contribution in [0, 0.1) is 0 Å². The Balaban J connectivity index is 0.000000706. The van der Waals surface area contributed by atoms with Crippen LogP contribution in [0.1, 0.15) is 74.3 Å². The molecular weight excluding hydrogens is 348 g/mol. The Morgan fingerprint density at radius 1 is 1.14 bits per heavy atom. The molecule has 28 heavy (non-hydrogen) atoms. The Morgan fingerprint density at radius 3 is 2.50 bits per heavy atom. The number of anilines is 1. The summed E-state index contributed by atoms with van der Waals surface area (Å²) in [7, 11) is 0. The van der Waals surface area contributed by atoms with Gasteiger partial charge in [0.1, 0.15) is 5.82 Å². The number of nitrogens with two attached hydrogens (primary N) is 1. The molecule has 0 radical (unpaired) electrons. The van der Waals surface area contributed by atoms with Crippen molar-refractivity contribution in [2.75, 3.05) is 5.73 Å².